The number of rotatable bonds is 3. The lowest BCUT2D eigenvalue weighted by Gasteiger charge is -2.19. The highest BCUT2D eigenvalue weighted by Crippen LogP contribution is 2.32. The molecule has 114 valence electrons. The van der Waals surface area contributed by atoms with Crippen molar-refractivity contribution in [2.24, 2.45) is 0 Å². The van der Waals surface area contributed by atoms with Crippen LogP contribution in [0, 0.1) is 0 Å². The quantitative estimate of drug-likeness (QED) is 0.813. The molecule has 0 unspecified atom stereocenters. The lowest BCUT2D eigenvalue weighted by atomic mass is 10.2. The highest BCUT2D eigenvalue weighted by Gasteiger charge is 2.21. The van der Waals surface area contributed by atoms with Gasteiger partial charge in [-0.2, -0.15) is 0 Å². The summed E-state index contributed by atoms with van der Waals surface area (Å²) in [6.45, 7) is 1.11. The number of para-hydroxylation sites is 1. The molecule has 0 saturated carbocycles. The molecule has 6 heteroatoms. The molecule has 1 heterocycles. The van der Waals surface area contributed by atoms with Crippen molar-refractivity contribution in [3.05, 3.63) is 57.0 Å². The molecule has 1 amide bonds. The number of nitrogens with one attached hydrogen (secondary N) is 1. The second kappa shape index (κ2) is 6.37. The summed E-state index contributed by atoms with van der Waals surface area (Å²) in [7, 11) is 0. The van der Waals surface area contributed by atoms with Crippen molar-refractivity contribution in [1.82, 2.24) is 0 Å². The summed E-state index contributed by atoms with van der Waals surface area (Å²) in [6, 6.07) is 11.2. The van der Waals surface area contributed by atoms with E-state index in [2.05, 4.69) is 16.3 Å². The summed E-state index contributed by atoms with van der Waals surface area (Å²) in [6.07, 6.45) is 0.955. The van der Waals surface area contributed by atoms with Gasteiger partial charge < -0.3 is 10.2 Å². The molecule has 2 aromatic rings. The molecule has 22 heavy (non-hydrogen) atoms. The van der Waals surface area contributed by atoms with Crippen LogP contribution in [0.1, 0.15) is 5.56 Å². The molecule has 0 spiro atoms. The minimum atomic E-state index is -0.142. The molecule has 0 aromatic heterocycles. The van der Waals surface area contributed by atoms with Crippen LogP contribution in [0.25, 0.3) is 0 Å². The Morgan fingerprint density at radius 3 is 2.64 bits per heavy atom. The summed E-state index contributed by atoms with van der Waals surface area (Å²) >= 11 is 17.9. The first-order valence-electron chi connectivity index (χ1n) is 6.82. The van der Waals surface area contributed by atoms with Gasteiger partial charge in [0.15, 0.2) is 0 Å². The number of hydrogen-bond acceptors (Lipinski definition) is 2. The molecule has 0 atom stereocenters. The van der Waals surface area contributed by atoms with Crippen molar-refractivity contribution >= 4 is 52.1 Å². The molecule has 1 aliphatic heterocycles. The lowest BCUT2D eigenvalue weighted by molar-refractivity contribution is -0.115. The zero-order chi connectivity index (χ0) is 15.7. The van der Waals surface area contributed by atoms with Gasteiger partial charge in [0, 0.05) is 12.2 Å². The number of anilines is 2. The van der Waals surface area contributed by atoms with E-state index in [0.717, 1.165) is 18.7 Å². The fourth-order valence-electron chi connectivity index (χ4n) is 2.55. The standard InChI is InChI=1S/C16H13Cl3N2O/c17-11-7-13(19)14(8-12(11)18)20-16(22)9-21-6-5-10-3-1-2-4-15(10)21/h1-4,7-8H,5-6,9H2,(H,20,22). The number of hydrogen-bond donors (Lipinski definition) is 1. The Labute approximate surface area is 143 Å². The molecule has 2 aromatic carbocycles. The minimum Gasteiger partial charge on any atom is -0.362 e. The van der Waals surface area contributed by atoms with Gasteiger partial charge in [0.2, 0.25) is 5.91 Å². The van der Waals surface area contributed by atoms with Crippen LogP contribution >= 0.6 is 34.8 Å². The van der Waals surface area contributed by atoms with E-state index in [-0.39, 0.29) is 12.5 Å². The minimum absolute atomic E-state index is 0.142. The van der Waals surface area contributed by atoms with E-state index in [1.54, 1.807) is 6.07 Å². The van der Waals surface area contributed by atoms with Crippen LogP contribution in [0.4, 0.5) is 11.4 Å². The van der Waals surface area contributed by atoms with Crippen LogP contribution < -0.4 is 10.2 Å². The largest absolute Gasteiger partial charge is 0.362 e. The zero-order valence-electron chi connectivity index (χ0n) is 11.6. The number of fused-ring (bicyclic) bond motifs is 1. The van der Waals surface area contributed by atoms with Gasteiger partial charge in [-0.1, -0.05) is 53.0 Å². The first-order valence-corrected chi connectivity index (χ1v) is 7.95. The second-order valence-electron chi connectivity index (χ2n) is 5.09. The van der Waals surface area contributed by atoms with E-state index < -0.39 is 0 Å². The number of carbonyl (C=O) groups excluding carboxylic acids is 1. The van der Waals surface area contributed by atoms with E-state index in [4.69, 9.17) is 34.8 Å². The maximum absolute atomic E-state index is 12.2. The van der Waals surface area contributed by atoms with Crippen molar-refractivity contribution in [1.29, 1.82) is 0 Å². The lowest BCUT2D eigenvalue weighted by Crippen LogP contribution is -2.31. The number of halogens is 3. The molecule has 3 rings (SSSR count). The first-order chi connectivity index (χ1) is 10.5. The van der Waals surface area contributed by atoms with Crippen LogP contribution in [0.5, 0.6) is 0 Å². The second-order valence-corrected chi connectivity index (χ2v) is 6.32. The van der Waals surface area contributed by atoms with Crippen molar-refractivity contribution in [3.63, 3.8) is 0 Å². The maximum Gasteiger partial charge on any atom is 0.243 e. The van der Waals surface area contributed by atoms with E-state index >= 15 is 0 Å². The summed E-state index contributed by atoms with van der Waals surface area (Å²) in [5.74, 6) is -0.142. The normalized spacial score (nSPS) is 13.1. The number of amides is 1. The Kier molecular flexibility index (Phi) is 4.48. The number of benzene rings is 2. The molecular weight excluding hydrogens is 343 g/mol. The Morgan fingerprint density at radius 2 is 1.82 bits per heavy atom. The first kappa shape index (κ1) is 15.5. The number of nitrogens with zero attached hydrogens (tertiary/aromatic N) is 1. The Balaban J connectivity index is 1.70. The molecule has 0 aliphatic carbocycles. The van der Waals surface area contributed by atoms with Crippen LogP contribution in [0.15, 0.2) is 36.4 Å². The van der Waals surface area contributed by atoms with Crippen molar-refractivity contribution < 1.29 is 4.79 Å². The Bertz CT molecular complexity index is 733. The third-order valence-corrected chi connectivity index (χ3v) is 4.64. The summed E-state index contributed by atoms with van der Waals surface area (Å²) < 4.78 is 0. The van der Waals surface area contributed by atoms with Crippen molar-refractivity contribution in [2.45, 2.75) is 6.42 Å². The Morgan fingerprint density at radius 1 is 1.09 bits per heavy atom. The van der Waals surface area contributed by atoms with E-state index in [9.17, 15) is 4.79 Å². The van der Waals surface area contributed by atoms with Gasteiger partial charge in [-0.15, -0.1) is 0 Å². The molecule has 0 fully saturated rings. The van der Waals surface area contributed by atoms with Crippen LogP contribution in [-0.4, -0.2) is 19.0 Å². The topological polar surface area (TPSA) is 32.3 Å². The fraction of sp³-hybridized carbons (Fsp3) is 0.188. The maximum atomic E-state index is 12.2. The van der Waals surface area contributed by atoms with E-state index in [1.165, 1.54) is 11.6 Å². The van der Waals surface area contributed by atoms with Crippen molar-refractivity contribution in [2.75, 3.05) is 23.3 Å². The molecule has 0 saturated heterocycles. The van der Waals surface area contributed by atoms with Crippen LogP contribution in [0.3, 0.4) is 0 Å². The highest BCUT2D eigenvalue weighted by molar-refractivity contribution is 6.44. The predicted molar refractivity (Wildman–Crippen MR) is 92.5 cm³/mol. The summed E-state index contributed by atoms with van der Waals surface area (Å²) in [4.78, 5) is 14.3. The van der Waals surface area contributed by atoms with Gasteiger partial charge in [0.1, 0.15) is 0 Å². The third kappa shape index (κ3) is 3.17. The Hall–Kier alpha value is -1.42. The van der Waals surface area contributed by atoms with Crippen LogP contribution in [0.2, 0.25) is 15.1 Å². The van der Waals surface area contributed by atoms with E-state index in [1.807, 2.05) is 18.2 Å². The molecule has 0 radical (unpaired) electrons. The SMILES string of the molecule is O=C(CN1CCc2ccccc21)Nc1cc(Cl)c(Cl)cc1Cl. The van der Waals surface area contributed by atoms with Gasteiger partial charge in [0.25, 0.3) is 0 Å². The van der Waals surface area contributed by atoms with Gasteiger partial charge in [0.05, 0.1) is 27.3 Å². The zero-order valence-corrected chi connectivity index (χ0v) is 13.8. The van der Waals surface area contributed by atoms with Gasteiger partial charge in [-0.05, 0) is 30.2 Å². The van der Waals surface area contributed by atoms with Gasteiger partial charge in [-0.3, -0.25) is 4.79 Å². The monoisotopic (exact) mass is 354 g/mol. The predicted octanol–water partition coefficient (Wildman–Crippen LogP) is 4.65. The average molecular weight is 356 g/mol. The molecular formula is C16H13Cl3N2O. The summed E-state index contributed by atoms with van der Waals surface area (Å²) in [5, 5.41) is 3.86. The average Bonchev–Trinajstić information content (AvgIpc) is 2.88. The van der Waals surface area contributed by atoms with Crippen LogP contribution in [-0.2, 0) is 11.2 Å². The smallest absolute Gasteiger partial charge is 0.243 e. The molecule has 1 N–H and O–H groups in total. The molecule has 3 nitrogen and oxygen atoms in total. The fourth-order valence-corrected chi connectivity index (χ4v) is 3.15. The third-order valence-electron chi connectivity index (χ3n) is 3.60. The van der Waals surface area contributed by atoms with Gasteiger partial charge >= 0.3 is 0 Å². The van der Waals surface area contributed by atoms with Gasteiger partial charge in [-0.25, -0.2) is 0 Å². The van der Waals surface area contributed by atoms with Crippen molar-refractivity contribution in [3.8, 4) is 0 Å². The molecule has 1 aliphatic rings. The van der Waals surface area contributed by atoms with E-state index in [0.29, 0.717) is 20.8 Å². The molecule has 0 bridgehead atoms. The highest BCUT2D eigenvalue weighted by atomic mass is 35.5. The summed E-state index contributed by atoms with van der Waals surface area (Å²) in [5.41, 5.74) is 2.84. The number of carbonyl (C=O) groups is 1.